The number of methoxy groups -OCH3 is 2. The van der Waals surface area contributed by atoms with Crippen molar-refractivity contribution in [3.05, 3.63) is 64.1 Å². The first-order valence-electron chi connectivity index (χ1n) is 9.14. The van der Waals surface area contributed by atoms with Gasteiger partial charge in [0.25, 0.3) is 11.5 Å². The first-order chi connectivity index (χ1) is 14.1. The Morgan fingerprint density at radius 1 is 1.14 bits per heavy atom. The number of carbonyl (C=O) groups excluding carboxylic acids is 1. The Labute approximate surface area is 167 Å². The normalized spacial score (nSPS) is 11.0. The molecule has 1 N–H and O–H groups in total. The topological polar surface area (TPSA) is 94.8 Å². The van der Waals surface area contributed by atoms with Crippen LogP contribution in [0.4, 0.5) is 0 Å². The molecule has 3 rings (SSSR count). The van der Waals surface area contributed by atoms with Crippen molar-refractivity contribution < 1.29 is 14.3 Å². The fourth-order valence-corrected chi connectivity index (χ4v) is 2.92. The Morgan fingerprint density at radius 3 is 2.55 bits per heavy atom. The van der Waals surface area contributed by atoms with E-state index in [-0.39, 0.29) is 11.3 Å². The Bertz CT molecular complexity index is 1120. The minimum atomic E-state index is -0.497. The summed E-state index contributed by atoms with van der Waals surface area (Å²) in [6.45, 7) is 2.37. The zero-order chi connectivity index (χ0) is 20.8. The molecular formula is C21H22N4O4. The van der Waals surface area contributed by atoms with Crippen LogP contribution in [0.25, 0.3) is 10.8 Å². The molecule has 0 spiro atoms. The van der Waals surface area contributed by atoms with Gasteiger partial charge >= 0.3 is 0 Å². The van der Waals surface area contributed by atoms with E-state index in [1.807, 2.05) is 6.92 Å². The van der Waals surface area contributed by atoms with Gasteiger partial charge in [0.1, 0.15) is 0 Å². The molecule has 8 heteroatoms. The Morgan fingerprint density at radius 2 is 1.86 bits per heavy atom. The molecule has 2 aromatic carbocycles. The fraction of sp³-hybridized carbons (Fsp3) is 0.238. The summed E-state index contributed by atoms with van der Waals surface area (Å²) in [5.41, 5.74) is 3.13. The van der Waals surface area contributed by atoms with E-state index < -0.39 is 5.91 Å². The number of rotatable bonds is 7. The molecule has 0 aliphatic rings. The summed E-state index contributed by atoms with van der Waals surface area (Å²) in [4.78, 5) is 25.2. The van der Waals surface area contributed by atoms with Crippen LogP contribution in [0.1, 0.15) is 29.4 Å². The summed E-state index contributed by atoms with van der Waals surface area (Å²) in [5, 5.41) is 9.19. The number of hydrazone groups is 1. The van der Waals surface area contributed by atoms with E-state index >= 15 is 0 Å². The molecule has 0 saturated heterocycles. The van der Waals surface area contributed by atoms with Crippen molar-refractivity contribution in [2.75, 3.05) is 14.2 Å². The number of hydrogen-bond donors (Lipinski definition) is 1. The molecule has 0 saturated carbocycles. The van der Waals surface area contributed by atoms with E-state index in [1.165, 1.54) is 10.9 Å². The van der Waals surface area contributed by atoms with E-state index in [4.69, 9.17) is 9.47 Å². The van der Waals surface area contributed by atoms with Crippen molar-refractivity contribution in [1.82, 2.24) is 15.2 Å². The van der Waals surface area contributed by atoms with E-state index in [0.717, 1.165) is 12.0 Å². The lowest BCUT2D eigenvalue weighted by atomic mass is 10.1. The van der Waals surface area contributed by atoms with E-state index in [1.54, 1.807) is 56.7 Å². The summed E-state index contributed by atoms with van der Waals surface area (Å²) >= 11 is 0. The molecule has 0 unspecified atom stereocenters. The van der Waals surface area contributed by atoms with Gasteiger partial charge in [0.15, 0.2) is 17.2 Å². The van der Waals surface area contributed by atoms with E-state index in [9.17, 15) is 9.59 Å². The summed E-state index contributed by atoms with van der Waals surface area (Å²) in [6.07, 6.45) is 2.22. The van der Waals surface area contributed by atoms with Crippen molar-refractivity contribution in [3.8, 4) is 11.5 Å². The van der Waals surface area contributed by atoms with Gasteiger partial charge in [0.05, 0.1) is 25.8 Å². The lowest BCUT2D eigenvalue weighted by molar-refractivity contribution is 0.0949. The molecule has 150 valence electrons. The summed E-state index contributed by atoms with van der Waals surface area (Å²) < 4.78 is 11.8. The lowest BCUT2D eigenvalue weighted by Crippen LogP contribution is -2.29. The van der Waals surface area contributed by atoms with Gasteiger partial charge in [-0.05, 0) is 36.2 Å². The first-order valence-corrected chi connectivity index (χ1v) is 9.14. The van der Waals surface area contributed by atoms with E-state index in [0.29, 0.717) is 28.8 Å². The van der Waals surface area contributed by atoms with Crippen molar-refractivity contribution >= 4 is 22.9 Å². The average molecular weight is 394 g/mol. The first kappa shape index (κ1) is 20.1. The molecule has 0 aliphatic heterocycles. The number of benzene rings is 2. The van der Waals surface area contributed by atoms with Gasteiger partial charge in [-0.25, -0.2) is 10.1 Å². The highest BCUT2D eigenvalue weighted by atomic mass is 16.5. The number of amides is 1. The summed E-state index contributed by atoms with van der Waals surface area (Å²) in [6, 6.07) is 12.2. The van der Waals surface area contributed by atoms with Gasteiger partial charge in [-0.2, -0.15) is 10.2 Å². The summed E-state index contributed by atoms with van der Waals surface area (Å²) in [5.74, 6) is 0.660. The number of carbonyl (C=O) groups is 1. The second-order valence-electron chi connectivity index (χ2n) is 6.24. The van der Waals surface area contributed by atoms with Crippen molar-refractivity contribution in [3.63, 3.8) is 0 Å². The largest absolute Gasteiger partial charge is 0.493 e. The van der Waals surface area contributed by atoms with Crippen LogP contribution in [-0.4, -0.2) is 36.1 Å². The van der Waals surface area contributed by atoms with Gasteiger partial charge in [-0.3, -0.25) is 9.59 Å². The molecule has 0 aliphatic carbocycles. The molecule has 0 fully saturated rings. The number of aromatic nitrogens is 2. The van der Waals surface area contributed by atoms with Gasteiger partial charge in [-0.15, -0.1) is 0 Å². The molecule has 1 amide bonds. The standard InChI is InChI=1S/C21H22N4O4/c1-4-11-25-21(27)16-8-6-5-7-15(16)19(24-25)20(26)23-22-13-14-9-10-17(28-2)18(12-14)29-3/h5-10,12-13H,4,11H2,1-3H3,(H,23,26)/b22-13-. The van der Waals surface area contributed by atoms with Crippen molar-refractivity contribution in [2.24, 2.45) is 5.10 Å². The molecule has 0 radical (unpaired) electrons. The average Bonchev–Trinajstić information content (AvgIpc) is 2.75. The van der Waals surface area contributed by atoms with Crippen molar-refractivity contribution in [2.45, 2.75) is 19.9 Å². The van der Waals surface area contributed by atoms with Crippen LogP contribution in [0, 0.1) is 0 Å². The third-order valence-corrected chi connectivity index (χ3v) is 4.31. The maximum Gasteiger partial charge on any atom is 0.292 e. The predicted molar refractivity (Wildman–Crippen MR) is 111 cm³/mol. The van der Waals surface area contributed by atoms with Crippen LogP contribution in [0.5, 0.6) is 11.5 Å². The highest BCUT2D eigenvalue weighted by Crippen LogP contribution is 2.26. The van der Waals surface area contributed by atoms with Crippen LogP contribution < -0.4 is 20.5 Å². The number of nitrogens with zero attached hydrogens (tertiary/aromatic N) is 3. The third kappa shape index (κ3) is 4.26. The zero-order valence-electron chi connectivity index (χ0n) is 16.5. The molecular weight excluding hydrogens is 372 g/mol. The number of aryl methyl sites for hydroxylation is 1. The molecule has 1 heterocycles. The fourth-order valence-electron chi connectivity index (χ4n) is 2.92. The number of nitrogens with one attached hydrogen (secondary N) is 1. The maximum atomic E-state index is 12.7. The Balaban J connectivity index is 1.88. The molecule has 0 bridgehead atoms. The minimum Gasteiger partial charge on any atom is -0.493 e. The van der Waals surface area contributed by atoms with Crippen LogP contribution in [0.3, 0.4) is 0 Å². The van der Waals surface area contributed by atoms with Gasteiger partial charge < -0.3 is 9.47 Å². The maximum absolute atomic E-state index is 12.7. The number of ether oxygens (including phenoxy) is 2. The monoisotopic (exact) mass is 394 g/mol. The highest BCUT2D eigenvalue weighted by Gasteiger charge is 2.16. The SMILES string of the molecule is CCCn1nc(C(=O)N/N=C\c2ccc(OC)c(OC)c2)c2ccccc2c1=O. The Kier molecular flexibility index (Phi) is 6.23. The van der Waals surface area contributed by atoms with Crippen molar-refractivity contribution in [1.29, 1.82) is 0 Å². The van der Waals surface area contributed by atoms with E-state index in [2.05, 4.69) is 15.6 Å². The molecule has 3 aromatic rings. The van der Waals surface area contributed by atoms with Crippen LogP contribution in [0.15, 0.2) is 52.4 Å². The molecule has 1 aromatic heterocycles. The van der Waals surface area contributed by atoms with Gasteiger partial charge in [-0.1, -0.05) is 25.1 Å². The van der Waals surface area contributed by atoms with Gasteiger partial charge in [0.2, 0.25) is 0 Å². The summed E-state index contributed by atoms with van der Waals surface area (Å²) in [7, 11) is 3.10. The lowest BCUT2D eigenvalue weighted by Gasteiger charge is -2.09. The smallest absolute Gasteiger partial charge is 0.292 e. The predicted octanol–water partition coefficient (Wildman–Crippen LogP) is 2.59. The molecule has 29 heavy (non-hydrogen) atoms. The Hall–Kier alpha value is -3.68. The number of fused-ring (bicyclic) bond motifs is 1. The zero-order valence-corrected chi connectivity index (χ0v) is 16.5. The molecule has 0 atom stereocenters. The van der Waals surface area contributed by atoms with Crippen LogP contribution >= 0.6 is 0 Å². The second-order valence-corrected chi connectivity index (χ2v) is 6.24. The van der Waals surface area contributed by atoms with Crippen LogP contribution in [0.2, 0.25) is 0 Å². The quantitative estimate of drug-likeness (QED) is 0.491. The second kappa shape index (κ2) is 9.01. The molecule has 8 nitrogen and oxygen atoms in total. The van der Waals surface area contributed by atoms with Gasteiger partial charge in [0, 0.05) is 11.9 Å². The van der Waals surface area contributed by atoms with Crippen LogP contribution in [-0.2, 0) is 6.54 Å². The number of hydrogen-bond acceptors (Lipinski definition) is 6. The highest BCUT2D eigenvalue weighted by molar-refractivity contribution is 6.04. The minimum absolute atomic E-state index is 0.151. The third-order valence-electron chi connectivity index (χ3n) is 4.31.